The van der Waals surface area contributed by atoms with Crippen LogP contribution in [0.15, 0.2) is 47.3 Å². The summed E-state index contributed by atoms with van der Waals surface area (Å²) in [6, 6.07) is 11.5. The molecule has 0 saturated heterocycles. The van der Waals surface area contributed by atoms with Gasteiger partial charge in [-0.15, -0.1) is 0 Å². The molecule has 0 radical (unpaired) electrons. The lowest BCUT2D eigenvalue weighted by atomic mass is 10.1. The SMILES string of the molecule is CCCCc1ccc(NC(=O)CCc2ccccc2)c(=O)n1CC(=O)N[C@H](C=O)CC(=O)O. The second-order valence-corrected chi connectivity index (χ2v) is 7.67. The molecular weight excluding hydrogens is 426 g/mol. The number of hydrogen-bond acceptors (Lipinski definition) is 5. The Bertz CT molecular complexity index is 1030. The fraction of sp³-hybridized carbons (Fsp3) is 0.375. The molecule has 0 aliphatic carbocycles. The van der Waals surface area contributed by atoms with Crippen LogP contribution < -0.4 is 16.2 Å². The van der Waals surface area contributed by atoms with E-state index in [-0.39, 0.29) is 18.0 Å². The van der Waals surface area contributed by atoms with Gasteiger partial charge in [-0.05, 0) is 37.0 Å². The topological polar surface area (TPSA) is 135 Å². The maximum atomic E-state index is 13.0. The van der Waals surface area contributed by atoms with Crippen molar-refractivity contribution in [2.75, 3.05) is 5.32 Å². The van der Waals surface area contributed by atoms with Crippen molar-refractivity contribution in [3.05, 3.63) is 64.1 Å². The second-order valence-electron chi connectivity index (χ2n) is 7.67. The largest absolute Gasteiger partial charge is 0.481 e. The fourth-order valence-electron chi connectivity index (χ4n) is 3.29. The maximum absolute atomic E-state index is 13.0. The predicted octanol–water partition coefficient (Wildman–Crippen LogP) is 1.92. The number of carboxylic acids is 1. The third kappa shape index (κ3) is 8.36. The monoisotopic (exact) mass is 455 g/mol. The molecule has 0 fully saturated rings. The van der Waals surface area contributed by atoms with Crippen LogP contribution in [-0.4, -0.2) is 39.8 Å². The Morgan fingerprint density at radius 3 is 2.42 bits per heavy atom. The number of nitrogens with zero attached hydrogens (tertiary/aromatic N) is 1. The summed E-state index contributed by atoms with van der Waals surface area (Å²) in [5, 5.41) is 13.8. The normalized spacial score (nSPS) is 11.4. The molecule has 0 unspecified atom stereocenters. The van der Waals surface area contributed by atoms with Gasteiger partial charge in [0.2, 0.25) is 11.8 Å². The molecule has 2 amide bonds. The third-order valence-electron chi connectivity index (χ3n) is 5.02. The number of aliphatic carboxylic acids is 1. The summed E-state index contributed by atoms with van der Waals surface area (Å²) >= 11 is 0. The van der Waals surface area contributed by atoms with E-state index in [2.05, 4.69) is 10.6 Å². The molecule has 176 valence electrons. The van der Waals surface area contributed by atoms with Gasteiger partial charge in [-0.2, -0.15) is 0 Å². The highest BCUT2D eigenvalue weighted by Crippen LogP contribution is 2.10. The van der Waals surface area contributed by atoms with Crippen LogP contribution in [0, 0.1) is 0 Å². The Balaban J connectivity index is 2.15. The Hall–Kier alpha value is -3.75. The molecule has 0 bridgehead atoms. The van der Waals surface area contributed by atoms with Gasteiger partial charge >= 0.3 is 5.97 Å². The van der Waals surface area contributed by atoms with Crippen molar-refractivity contribution in [3.8, 4) is 0 Å². The van der Waals surface area contributed by atoms with Crippen LogP contribution in [0.2, 0.25) is 0 Å². The minimum atomic E-state index is -1.23. The number of carbonyl (C=O) groups is 4. The summed E-state index contributed by atoms with van der Waals surface area (Å²) in [5.74, 6) is -2.22. The van der Waals surface area contributed by atoms with Gasteiger partial charge in [0.1, 0.15) is 18.5 Å². The van der Waals surface area contributed by atoms with Crippen LogP contribution in [-0.2, 0) is 38.6 Å². The summed E-state index contributed by atoms with van der Waals surface area (Å²) in [6.45, 7) is 1.60. The number of aldehydes is 1. The minimum absolute atomic E-state index is 0.0542. The Labute approximate surface area is 191 Å². The van der Waals surface area contributed by atoms with E-state index >= 15 is 0 Å². The fourth-order valence-corrected chi connectivity index (χ4v) is 3.29. The lowest BCUT2D eigenvalue weighted by molar-refractivity contribution is -0.138. The number of aryl methyl sites for hydroxylation is 2. The van der Waals surface area contributed by atoms with E-state index in [1.54, 1.807) is 6.07 Å². The summed E-state index contributed by atoms with van der Waals surface area (Å²) in [7, 11) is 0. The Morgan fingerprint density at radius 2 is 1.79 bits per heavy atom. The van der Waals surface area contributed by atoms with E-state index in [1.807, 2.05) is 37.3 Å². The van der Waals surface area contributed by atoms with Gasteiger partial charge in [0.25, 0.3) is 5.56 Å². The molecule has 33 heavy (non-hydrogen) atoms. The molecule has 1 heterocycles. The van der Waals surface area contributed by atoms with Gasteiger partial charge in [0.05, 0.1) is 12.5 Å². The summed E-state index contributed by atoms with van der Waals surface area (Å²) in [5.41, 5.74) is 1.13. The van der Waals surface area contributed by atoms with Crippen molar-refractivity contribution < 1.29 is 24.3 Å². The van der Waals surface area contributed by atoms with Gasteiger partial charge in [-0.1, -0.05) is 43.7 Å². The first-order valence-electron chi connectivity index (χ1n) is 10.9. The van der Waals surface area contributed by atoms with Crippen LogP contribution in [0.25, 0.3) is 0 Å². The molecule has 9 heteroatoms. The van der Waals surface area contributed by atoms with E-state index in [1.165, 1.54) is 10.6 Å². The zero-order valence-corrected chi connectivity index (χ0v) is 18.6. The highest BCUT2D eigenvalue weighted by molar-refractivity contribution is 5.90. The second kappa shape index (κ2) is 12.9. The zero-order chi connectivity index (χ0) is 24.2. The lowest BCUT2D eigenvalue weighted by Crippen LogP contribution is -2.41. The number of unbranched alkanes of at least 4 members (excludes halogenated alkanes) is 1. The van der Waals surface area contributed by atoms with E-state index in [0.29, 0.717) is 24.8 Å². The molecule has 1 aromatic heterocycles. The molecule has 9 nitrogen and oxygen atoms in total. The molecule has 2 rings (SSSR count). The van der Waals surface area contributed by atoms with Crippen LogP contribution in [0.5, 0.6) is 0 Å². The van der Waals surface area contributed by atoms with Crippen molar-refractivity contribution in [3.63, 3.8) is 0 Å². The van der Waals surface area contributed by atoms with Crippen molar-refractivity contribution in [1.29, 1.82) is 0 Å². The van der Waals surface area contributed by atoms with Gasteiger partial charge < -0.3 is 25.1 Å². The minimum Gasteiger partial charge on any atom is -0.481 e. The number of anilines is 1. The van der Waals surface area contributed by atoms with E-state index in [9.17, 15) is 24.0 Å². The number of aromatic nitrogens is 1. The van der Waals surface area contributed by atoms with Crippen molar-refractivity contribution in [2.45, 2.75) is 58.0 Å². The number of hydrogen-bond donors (Lipinski definition) is 3. The van der Waals surface area contributed by atoms with Crippen LogP contribution in [0.4, 0.5) is 5.69 Å². The van der Waals surface area contributed by atoms with Crippen molar-refractivity contribution in [2.24, 2.45) is 0 Å². The molecule has 1 aromatic carbocycles. The molecule has 0 saturated carbocycles. The van der Waals surface area contributed by atoms with Gasteiger partial charge in [-0.3, -0.25) is 19.2 Å². The summed E-state index contributed by atoms with van der Waals surface area (Å²) in [4.78, 5) is 59.7. The first-order chi connectivity index (χ1) is 15.8. The standard InChI is InChI=1S/C24H29N3O6/c1-2-3-9-19-11-12-20(26-21(29)13-10-17-7-5-4-6-8-17)24(33)27(19)15-22(30)25-18(16-28)14-23(31)32/h4-8,11-12,16,18H,2-3,9-10,13-15H2,1H3,(H,25,30)(H,26,29)(H,31,32)/t18-/m0/s1. The number of rotatable bonds is 13. The number of amides is 2. The number of carbonyl (C=O) groups excluding carboxylic acids is 3. The van der Waals surface area contributed by atoms with Crippen LogP contribution in [0.1, 0.15) is 43.9 Å². The van der Waals surface area contributed by atoms with Crippen molar-refractivity contribution in [1.82, 2.24) is 9.88 Å². The number of nitrogens with one attached hydrogen (secondary N) is 2. The first kappa shape index (κ1) is 25.5. The quantitative estimate of drug-likeness (QED) is 0.395. The first-order valence-corrected chi connectivity index (χ1v) is 10.9. The van der Waals surface area contributed by atoms with Crippen LogP contribution >= 0.6 is 0 Å². The van der Waals surface area contributed by atoms with Crippen molar-refractivity contribution >= 4 is 29.8 Å². The molecule has 2 aromatic rings. The van der Waals surface area contributed by atoms with Gasteiger partial charge in [0.15, 0.2) is 0 Å². The molecule has 3 N–H and O–H groups in total. The van der Waals surface area contributed by atoms with E-state index in [4.69, 9.17) is 5.11 Å². The zero-order valence-electron chi connectivity index (χ0n) is 18.6. The van der Waals surface area contributed by atoms with Crippen LogP contribution in [0.3, 0.4) is 0 Å². The smallest absolute Gasteiger partial charge is 0.305 e. The maximum Gasteiger partial charge on any atom is 0.305 e. The van der Waals surface area contributed by atoms with E-state index < -0.39 is 36.4 Å². The summed E-state index contributed by atoms with van der Waals surface area (Å²) in [6.07, 6.45) is 2.73. The molecule has 0 aliphatic rings. The number of pyridine rings is 1. The molecule has 1 atom stereocenters. The Morgan fingerprint density at radius 1 is 1.06 bits per heavy atom. The van der Waals surface area contributed by atoms with E-state index in [0.717, 1.165) is 18.4 Å². The lowest BCUT2D eigenvalue weighted by Gasteiger charge is -2.16. The predicted molar refractivity (Wildman–Crippen MR) is 123 cm³/mol. The van der Waals surface area contributed by atoms with Gasteiger partial charge in [-0.25, -0.2) is 0 Å². The average molecular weight is 456 g/mol. The highest BCUT2D eigenvalue weighted by atomic mass is 16.4. The molecule has 0 aliphatic heterocycles. The van der Waals surface area contributed by atoms with Gasteiger partial charge in [0, 0.05) is 12.1 Å². The molecular formula is C24H29N3O6. The molecule has 0 spiro atoms. The number of carboxylic acid groups (broad SMARTS) is 1. The highest BCUT2D eigenvalue weighted by Gasteiger charge is 2.18. The summed E-state index contributed by atoms with van der Waals surface area (Å²) < 4.78 is 1.25. The Kier molecular flexibility index (Phi) is 10.0. The average Bonchev–Trinajstić information content (AvgIpc) is 2.79. The number of benzene rings is 1. The third-order valence-corrected chi connectivity index (χ3v) is 5.02.